The molecule has 1 saturated heterocycles. The van der Waals surface area contributed by atoms with Crippen LogP contribution in [0.25, 0.3) is 0 Å². The maximum Gasteiger partial charge on any atom is 0.494 e. The molecule has 2 aromatic rings. The molecule has 5 heteroatoms. The summed E-state index contributed by atoms with van der Waals surface area (Å²) in [7, 11) is -0.438. The zero-order chi connectivity index (χ0) is 18.9. The normalized spacial score (nSPS) is 19.3. The van der Waals surface area contributed by atoms with Gasteiger partial charge in [0, 0.05) is 0 Å². The van der Waals surface area contributed by atoms with Gasteiger partial charge in [0.05, 0.1) is 17.1 Å². The van der Waals surface area contributed by atoms with Crippen molar-refractivity contribution in [3.8, 4) is 0 Å². The third kappa shape index (κ3) is 3.69. The van der Waals surface area contributed by atoms with Crippen molar-refractivity contribution in [2.75, 3.05) is 0 Å². The van der Waals surface area contributed by atoms with Gasteiger partial charge in [-0.1, -0.05) is 54.6 Å². The lowest BCUT2D eigenvalue weighted by molar-refractivity contribution is -0.138. The topological polar surface area (TPSA) is 55.8 Å². The van der Waals surface area contributed by atoms with E-state index in [0.717, 1.165) is 16.6 Å². The molecule has 4 nitrogen and oxygen atoms in total. The molecule has 0 saturated carbocycles. The van der Waals surface area contributed by atoms with E-state index in [9.17, 15) is 9.90 Å². The molecule has 1 unspecified atom stereocenters. The van der Waals surface area contributed by atoms with E-state index in [2.05, 4.69) is 0 Å². The Morgan fingerprint density at radius 2 is 1.50 bits per heavy atom. The quantitative estimate of drug-likeness (QED) is 0.838. The highest BCUT2D eigenvalue weighted by Gasteiger charge is 2.51. The predicted octanol–water partition coefficient (Wildman–Crippen LogP) is 3.40. The lowest BCUT2D eigenvalue weighted by atomic mass is 9.78. The molecule has 0 amide bonds. The third-order valence-electron chi connectivity index (χ3n) is 5.44. The molecular weight excluding hydrogens is 327 g/mol. The van der Waals surface area contributed by atoms with Gasteiger partial charge in [-0.3, -0.25) is 4.79 Å². The summed E-state index contributed by atoms with van der Waals surface area (Å²) in [5.74, 6) is -1.40. The Hall–Kier alpha value is -2.11. The van der Waals surface area contributed by atoms with Crippen LogP contribution in [0.3, 0.4) is 0 Å². The molecule has 1 atom stereocenters. The van der Waals surface area contributed by atoms with Crippen molar-refractivity contribution in [3.05, 3.63) is 65.7 Å². The van der Waals surface area contributed by atoms with Crippen LogP contribution >= 0.6 is 0 Å². The summed E-state index contributed by atoms with van der Waals surface area (Å²) >= 11 is 0. The second-order valence-corrected chi connectivity index (χ2v) is 7.84. The van der Waals surface area contributed by atoms with Gasteiger partial charge in [-0.25, -0.2) is 0 Å². The van der Waals surface area contributed by atoms with Crippen molar-refractivity contribution >= 4 is 18.6 Å². The van der Waals surface area contributed by atoms with E-state index in [4.69, 9.17) is 9.31 Å². The van der Waals surface area contributed by atoms with E-state index in [1.54, 1.807) is 0 Å². The third-order valence-corrected chi connectivity index (χ3v) is 5.44. The first-order chi connectivity index (χ1) is 12.2. The van der Waals surface area contributed by atoms with Gasteiger partial charge in [-0.05, 0) is 50.7 Å². The molecule has 1 fully saturated rings. The summed E-state index contributed by atoms with van der Waals surface area (Å²) in [4.78, 5) is 11.8. The Balaban J connectivity index is 1.79. The molecule has 1 N–H and O–H groups in total. The fourth-order valence-electron chi connectivity index (χ4n) is 3.06. The van der Waals surface area contributed by atoms with Crippen molar-refractivity contribution in [3.63, 3.8) is 0 Å². The van der Waals surface area contributed by atoms with Gasteiger partial charge in [0.1, 0.15) is 0 Å². The van der Waals surface area contributed by atoms with Crippen molar-refractivity contribution in [1.82, 2.24) is 0 Å². The number of carboxylic acid groups (broad SMARTS) is 1. The van der Waals surface area contributed by atoms with Gasteiger partial charge in [0.25, 0.3) is 0 Å². The number of carboxylic acids is 1. The number of hydrogen-bond acceptors (Lipinski definition) is 3. The molecule has 2 aromatic carbocycles. The number of hydrogen-bond donors (Lipinski definition) is 1. The summed E-state index contributed by atoms with van der Waals surface area (Å²) in [5, 5.41) is 9.66. The van der Waals surface area contributed by atoms with Gasteiger partial charge in [-0.15, -0.1) is 0 Å². The fourth-order valence-corrected chi connectivity index (χ4v) is 3.06. The van der Waals surface area contributed by atoms with E-state index >= 15 is 0 Å². The minimum atomic E-state index is -0.822. The smallest absolute Gasteiger partial charge is 0.481 e. The highest BCUT2D eigenvalue weighted by atomic mass is 16.7. The number of carbonyl (C=O) groups is 1. The average molecular weight is 352 g/mol. The minimum Gasteiger partial charge on any atom is -0.481 e. The van der Waals surface area contributed by atoms with Crippen molar-refractivity contribution < 1.29 is 19.2 Å². The second-order valence-electron chi connectivity index (χ2n) is 7.84. The van der Waals surface area contributed by atoms with Crippen LogP contribution in [-0.2, 0) is 20.5 Å². The molecule has 26 heavy (non-hydrogen) atoms. The molecule has 0 spiro atoms. The van der Waals surface area contributed by atoms with Gasteiger partial charge < -0.3 is 14.4 Å². The van der Waals surface area contributed by atoms with E-state index in [0.29, 0.717) is 6.42 Å². The van der Waals surface area contributed by atoms with E-state index in [-0.39, 0.29) is 0 Å². The predicted molar refractivity (Wildman–Crippen MR) is 103 cm³/mol. The van der Waals surface area contributed by atoms with Crippen LogP contribution in [0.15, 0.2) is 54.6 Å². The molecule has 1 aliphatic heterocycles. The molecule has 1 heterocycles. The molecular formula is C21H25BO4. The molecule has 0 radical (unpaired) electrons. The summed E-state index contributed by atoms with van der Waals surface area (Å²) in [6, 6.07) is 17.2. The van der Waals surface area contributed by atoms with E-state index < -0.39 is 30.2 Å². The highest BCUT2D eigenvalue weighted by molar-refractivity contribution is 6.62. The number of aliphatic carboxylic acids is 1. The zero-order valence-electron chi connectivity index (χ0n) is 15.7. The summed E-state index contributed by atoms with van der Waals surface area (Å²) in [6.45, 7) is 8.06. The first kappa shape index (κ1) is 18.7. The van der Waals surface area contributed by atoms with Crippen molar-refractivity contribution in [2.24, 2.45) is 0 Å². The Morgan fingerprint density at radius 3 is 2.00 bits per heavy atom. The van der Waals surface area contributed by atoms with Crippen LogP contribution in [-0.4, -0.2) is 29.4 Å². The summed E-state index contributed by atoms with van der Waals surface area (Å²) in [6.07, 6.45) is 0.464. The van der Waals surface area contributed by atoms with Crippen LogP contribution in [0.1, 0.15) is 44.7 Å². The minimum absolute atomic E-state index is 0.396. The maximum atomic E-state index is 11.8. The average Bonchev–Trinajstić information content (AvgIpc) is 2.81. The van der Waals surface area contributed by atoms with Crippen LogP contribution < -0.4 is 5.46 Å². The monoisotopic (exact) mass is 352 g/mol. The molecule has 0 aliphatic carbocycles. The number of rotatable bonds is 5. The lowest BCUT2D eigenvalue weighted by Gasteiger charge is -2.32. The van der Waals surface area contributed by atoms with Crippen LogP contribution in [0, 0.1) is 0 Å². The SMILES string of the molecule is CC1(C)OB(c2ccc(C(Cc3ccccc3)C(=O)O)cc2)OC1(C)C. The molecule has 1 aliphatic rings. The largest absolute Gasteiger partial charge is 0.494 e. The lowest BCUT2D eigenvalue weighted by Crippen LogP contribution is -2.41. The van der Waals surface area contributed by atoms with E-state index in [1.165, 1.54) is 0 Å². The first-order valence-corrected chi connectivity index (χ1v) is 8.92. The Morgan fingerprint density at radius 1 is 0.962 bits per heavy atom. The molecule has 3 rings (SSSR count). The van der Waals surface area contributed by atoms with Crippen molar-refractivity contribution in [1.29, 1.82) is 0 Å². The van der Waals surface area contributed by atoms with Crippen LogP contribution in [0.5, 0.6) is 0 Å². The standard InChI is InChI=1S/C21H25BO4/c1-20(2)21(3,4)26-22(25-20)17-12-10-16(11-13-17)18(19(23)24)14-15-8-6-5-7-9-15/h5-13,18H,14H2,1-4H3,(H,23,24). The highest BCUT2D eigenvalue weighted by Crippen LogP contribution is 2.36. The number of benzene rings is 2. The van der Waals surface area contributed by atoms with Crippen molar-refractivity contribution in [2.45, 2.75) is 51.2 Å². The Labute approximate surface area is 155 Å². The van der Waals surface area contributed by atoms with Gasteiger partial charge in [-0.2, -0.15) is 0 Å². The fraction of sp³-hybridized carbons (Fsp3) is 0.381. The molecule has 136 valence electrons. The van der Waals surface area contributed by atoms with Gasteiger partial charge >= 0.3 is 13.1 Å². The second kappa shape index (κ2) is 6.90. The Bertz CT molecular complexity index is 752. The van der Waals surface area contributed by atoms with Crippen LogP contribution in [0.2, 0.25) is 0 Å². The van der Waals surface area contributed by atoms with Gasteiger partial charge in [0.15, 0.2) is 0 Å². The van der Waals surface area contributed by atoms with Crippen LogP contribution in [0.4, 0.5) is 0 Å². The van der Waals surface area contributed by atoms with Gasteiger partial charge in [0.2, 0.25) is 0 Å². The first-order valence-electron chi connectivity index (χ1n) is 8.92. The zero-order valence-corrected chi connectivity index (χ0v) is 15.7. The van der Waals surface area contributed by atoms with E-state index in [1.807, 2.05) is 82.3 Å². The molecule has 0 bridgehead atoms. The molecule has 0 aromatic heterocycles. The summed E-state index contributed by atoms with van der Waals surface area (Å²) in [5.41, 5.74) is 1.90. The summed E-state index contributed by atoms with van der Waals surface area (Å²) < 4.78 is 12.1. The maximum absolute atomic E-state index is 11.8. The Kier molecular flexibility index (Phi) is 4.95.